The fraction of sp³-hybridized carbons (Fsp3) is 0.211. The predicted octanol–water partition coefficient (Wildman–Crippen LogP) is 3.27. The van der Waals surface area contributed by atoms with Gasteiger partial charge in [0.2, 0.25) is 5.91 Å². The van der Waals surface area contributed by atoms with Gasteiger partial charge in [-0.3, -0.25) is 24.3 Å². The molecule has 0 aliphatic rings. The normalized spacial score (nSPS) is 12.0. The van der Waals surface area contributed by atoms with Crippen molar-refractivity contribution in [1.82, 2.24) is 9.55 Å². The van der Waals surface area contributed by atoms with Crippen LogP contribution in [-0.4, -0.2) is 25.6 Å². The van der Waals surface area contributed by atoms with Gasteiger partial charge in [0.1, 0.15) is 0 Å². The van der Waals surface area contributed by atoms with E-state index >= 15 is 0 Å². The van der Waals surface area contributed by atoms with Crippen molar-refractivity contribution < 1.29 is 9.72 Å². The summed E-state index contributed by atoms with van der Waals surface area (Å²) in [6, 6.07) is 11.3. The molecule has 28 heavy (non-hydrogen) atoms. The van der Waals surface area contributed by atoms with Crippen LogP contribution < -0.4 is 10.9 Å². The SMILES string of the molecule is Cc1ccc([N+](=O)[O-])cc1NC(=O)C(C)Sc1nc2ccccc2c(=O)n1C. The van der Waals surface area contributed by atoms with E-state index in [1.54, 1.807) is 51.2 Å². The molecule has 0 aliphatic carbocycles. The molecule has 0 bridgehead atoms. The van der Waals surface area contributed by atoms with Crippen molar-refractivity contribution in [2.45, 2.75) is 24.3 Å². The highest BCUT2D eigenvalue weighted by Gasteiger charge is 2.20. The maximum atomic E-state index is 12.6. The van der Waals surface area contributed by atoms with E-state index < -0.39 is 10.2 Å². The summed E-state index contributed by atoms with van der Waals surface area (Å²) in [5.74, 6) is -0.337. The predicted molar refractivity (Wildman–Crippen MR) is 109 cm³/mol. The van der Waals surface area contributed by atoms with Crippen LogP contribution in [0.5, 0.6) is 0 Å². The van der Waals surface area contributed by atoms with E-state index in [2.05, 4.69) is 10.3 Å². The summed E-state index contributed by atoms with van der Waals surface area (Å²) in [5, 5.41) is 14.0. The number of nitro benzene ring substituents is 1. The lowest BCUT2D eigenvalue weighted by Crippen LogP contribution is -2.25. The zero-order valence-electron chi connectivity index (χ0n) is 15.5. The molecule has 0 fully saturated rings. The molecule has 1 aromatic heterocycles. The number of fused-ring (bicyclic) bond motifs is 1. The molecule has 3 rings (SSSR count). The van der Waals surface area contributed by atoms with Gasteiger partial charge < -0.3 is 5.32 Å². The van der Waals surface area contributed by atoms with Crippen LogP contribution in [0.2, 0.25) is 0 Å². The van der Waals surface area contributed by atoms with E-state index in [0.717, 1.165) is 11.8 Å². The Morgan fingerprint density at radius 1 is 1.29 bits per heavy atom. The number of hydrogen-bond donors (Lipinski definition) is 1. The number of carbonyl (C=O) groups is 1. The summed E-state index contributed by atoms with van der Waals surface area (Å²) in [4.78, 5) is 40.0. The van der Waals surface area contributed by atoms with Gasteiger partial charge in [-0.2, -0.15) is 0 Å². The van der Waals surface area contributed by atoms with Crippen molar-refractivity contribution in [2.75, 3.05) is 5.32 Å². The highest BCUT2D eigenvalue weighted by molar-refractivity contribution is 8.00. The minimum Gasteiger partial charge on any atom is -0.325 e. The summed E-state index contributed by atoms with van der Waals surface area (Å²) in [6.45, 7) is 3.44. The highest BCUT2D eigenvalue weighted by Crippen LogP contribution is 2.25. The highest BCUT2D eigenvalue weighted by atomic mass is 32.2. The number of benzene rings is 2. The topological polar surface area (TPSA) is 107 Å². The van der Waals surface area contributed by atoms with Crippen molar-refractivity contribution in [3.05, 3.63) is 68.5 Å². The lowest BCUT2D eigenvalue weighted by atomic mass is 10.2. The molecule has 1 N–H and O–H groups in total. The number of aryl methyl sites for hydroxylation is 1. The van der Waals surface area contributed by atoms with Crippen LogP contribution in [0.4, 0.5) is 11.4 Å². The first-order valence-corrected chi connectivity index (χ1v) is 9.34. The molecule has 0 spiro atoms. The monoisotopic (exact) mass is 398 g/mol. The molecule has 9 heteroatoms. The fourth-order valence-electron chi connectivity index (χ4n) is 2.61. The number of rotatable bonds is 5. The Hall–Kier alpha value is -3.20. The zero-order chi connectivity index (χ0) is 20.4. The Morgan fingerprint density at radius 3 is 2.71 bits per heavy atom. The van der Waals surface area contributed by atoms with E-state index in [0.29, 0.717) is 27.3 Å². The molecule has 8 nitrogen and oxygen atoms in total. The van der Waals surface area contributed by atoms with Gasteiger partial charge in [-0.1, -0.05) is 30.0 Å². The number of non-ortho nitro benzene ring substituents is 1. The van der Waals surface area contributed by atoms with Gasteiger partial charge in [-0.25, -0.2) is 4.98 Å². The molecule has 1 heterocycles. The molecule has 0 saturated heterocycles. The van der Waals surface area contributed by atoms with E-state index in [1.165, 1.54) is 16.7 Å². The molecule has 0 saturated carbocycles. The van der Waals surface area contributed by atoms with Crippen molar-refractivity contribution >= 4 is 39.9 Å². The van der Waals surface area contributed by atoms with Crippen LogP contribution >= 0.6 is 11.8 Å². The van der Waals surface area contributed by atoms with Crippen molar-refractivity contribution in [1.29, 1.82) is 0 Å². The molecular formula is C19H18N4O4S. The first kappa shape index (κ1) is 19.6. The molecule has 1 amide bonds. The number of para-hydroxylation sites is 1. The number of amides is 1. The largest absolute Gasteiger partial charge is 0.325 e. The number of thioether (sulfide) groups is 1. The summed E-state index contributed by atoms with van der Waals surface area (Å²) >= 11 is 1.15. The number of hydrogen-bond acceptors (Lipinski definition) is 6. The maximum absolute atomic E-state index is 12.6. The minimum atomic E-state index is -0.571. The van der Waals surface area contributed by atoms with Crippen LogP contribution in [0.15, 0.2) is 52.4 Å². The second-order valence-corrected chi connectivity index (χ2v) is 7.59. The van der Waals surface area contributed by atoms with Gasteiger partial charge >= 0.3 is 0 Å². The van der Waals surface area contributed by atoms with Crippen molar-refractivity contribution in [2.24, 2.45) is 7.05 Å². The first-order chi connectivity index (χ1) is 13.3. The van der Waals surface area contributed by atoms with E-state index in [-0.39, 0.29) is 17.2 Å². The van der Waals surface area contributed by atoms with Gasteiger partial charge in [0.15, 0.2) is 5.16 Å². The third-order valence-corrected chi connectivity index (χ3v) is 5.43. The number of aromatic nitrogens is 2. The van der Waals surface area contributed by atoms with E-state index in [4.69, 9.17) is 0 Å². The molecule has 1 unspecified atom stereocenters. The number of nitrogens with one attached hydrogen (secondary N) is 1. The van der Waals surface area contributed by atoms with Crippen LogP contribution in [0.1, 0.15) is 12.5 Å². The average molecular weight is 398 g/mol. The number of carbonyl (C=O) groups excluding carboxylic acids is 1. The number of nitro groups is 1. The minimum absolute atomic E-state index is 0.0974. The summed E-state index contributed by atoms with van der Waals surface area (Å²) in [5.41, 5.74) is 1.38. The Balaban J connectivity index is 1.83. The summed E-state index contributed by atoms with van der Waals surface area (Å²) in [6.07, 6.45) is 0. The van der Waals surface area contributed by atoms with Gasteiger partial charge in [-0.05, 0) is 31.5 Å². The Morgan fingerprint density at radius 2 is 2.00 bits per heavy atom. The molecule has 144 valence electrons. The molecule has 2 aromatic carbocycles. The Kier molecular flexibility index (Phi) is 5.46. The number of anilines is 1. The van der Waals surface area contributed by atoms with Crippen molar-refractivity contribution in [3.8, 4) is 0 Å². The van der Waals surface area contributed by atoms with E-state index in [9.17, 15) is 19.7 Å². The second-order valence-electron chi connectivity index (χ2n) is 6.28. The Bertz CT molecular complexity index is 1140. The van der Waals surface area contributed by atoms with Gasteiger partial charge in [-0.15, -0.1) is 0 Å². The van der Waals surface area contributed by atoms with Crippen molar-refractivity contribution in [3.63, 3.8) is 0 Å². The summed E-state index contributed by atoms with van der Waals surface area (Å²) < 4.78 is 1.41. The molecule has 0 aliphatic heterocycles. The van der Waals surface area contributed by atoms with E-state index in [1.807, 2.05) is 0 Å². The Labute approximate surface area is 164 Å². The van der Waals surface area contributed by atoms with Crippen LogP contribution in [0.3, 0.4) is 0 Å². The average Bonchev–Trinajstić information content (AvgIpc) is 2.67. The van der Waals surface area contributed by atoms with Gasteiger partial charge in [0.25, 0.3) is 11.2 Å². The lowest BCUT2D eigenvalue weighted by Gasteiger charge is -2.15. The maximum Gasteiger partial charge on any atom is 0.271 e. The summed E-state index contributed by atoms with van der Waals surface area (Å²) in [7, 11) is 1.61. The van der Waals surface area contributed by atoms with Crippen LogP contribution in [0, 0.1) is 17.0 Å². The molecule has 3 aromatic rings. The molecule has 0 radical (unpaired) electrons. The first-order valence-electron chi connectivity index (χ1n) is 8.46. The molecular weight excluding hydrogens is 380 g/mol. The quantitative estimate of drug-likeness (QED) is 0.306. The second kappa shape index (κ2) is 7.81. The standard InChI is InChI=1S/C19H18N4O4S/c1-11-8-9-13(23(26)27)10-16(11)20-17(24)12(2)28-19-21-15-7-5-4-6-14(15)18(25)22(19)3/h4-10,12H,1-3H3,(H,20,24). The van der Waals surface area contributed by atoms with Crippen LogP contribution in [0.25, 0.3) is 10.9 Å². The smallest absolute Gasteiger partial charge is 0.271 e. The van der Waals surface area contributed by atoms with Gasteiger partial charge in [0, 0.05) is 19.2 Å². The van der Waals surface area contributed by atoms with Crippen LogP contribution in [-0.2, 0) is 11.8 Å². The zero-order valence-corrected chi connectivity index (χ0v) is 16.3. The van der Waals surface area contributed by atoms with Gasteiger partial charge in [0.05, 0.1) is 26.8 Å². The third-order valence-electron chi connectivity index (χ3n) is 4.28. The lowest BCUT2D eigenvalue weighted by molar-refractivity contribution is -0.384. The third kappa shape index (κ3) is 3.89. The number of nitrogens with zero attached hydrogens (tertiary/aromatic N) is 3. The fourth-order valence-corrected chi connectivity index (χ4v) is 3.48. The molecule has 1 atom stereocenters.